The van der Waals surface area contributed by atoms with Gasteiger partial charge in [-0.25, -0.2) is 0 Å². The number of benzene rings is 4. The molecular weight excluding hydrogens is 276 g/mol. The monoisotopic (exact) mass is 290 g/mol. The molecule has 0 aliphatic heterocycles. The highest BCUT2D eigenvalue weighted by Crippen LogP contribution is 2.40. The van der Waals surface area contributed by atoms with Crippen molar-refractivity contribution in [1.82, 2.24) is 0 Å². The van der Waals surface area contributed by atoms with Crippen molar-refractivity contribution in [3.05, 3.63) is 94.2 Å². The van der Waals surface area contributed by atoms with Gasteiger partial charge in [0.2, 0.25) is 0 Å². The molecule has 0 N–H and O–H groups in total. The van der Waals surface area contributed by atoms with E-state index in [4.69, 9.17) is 0 Å². The van der Waals surface area contributed by atoms with Crippen molar-refractivity contribution in [1.29, 1.82) is 0 Å². The van der Waals surface area contributed by atoms with E-state index in [1.54, 1.807) is 0 Å². The second kappa shape index (κ2) is 3.91. The van der Waals surface area contributed by atoms with Gasteiger partial charge in [-0.3, -0.25) is 0 Å². The average molecular weight is 290 g/mol. The summed E-state index contributed by atoms with van der Waals surface area (Å²) in [6, 6.07) is 24.6. The van der Waals surface area contributed by atoms with Crippen LogP contribution in [0.1, 0.15) is 16.7 Å². The van der Waals surface area contributed by atoms with Crippen LogP contribution in [0.25, 0.3) is 33.2 Å². The van der Waals surface area contributed by atoms with Gasteiger partial charge in [0.25, 0.3) is 0 Å². The number of rotatable bonds is 0. The van der Waals surface area contributed by atoms with Crippen LogP contribution in [0, 0.1) is 0 Å². The third-order valence-electron chi connectivity index (χ3n) is 5.39. The lowest BCUT2D eigenvalue weighted by Gasteiger charge is -2.19. The molecule has 0 aromatic heterocycles. The first kappa shape index (κ1) is 11.7. The Balaban J connectivity index is 1.93. The van der Waals surface area contributed by atoms with Crippen LogP contribution in [0.2, 0.25) is 0 Å². The maximum Gasteiger partial charge on any atom is -0.00128 e. The van der Waals surface area contributed by atoms with Crippen molar-refractivity contribution in [2.45, 2.75) is 6.42 Å². The first-order valence-electron chi connectivity index (χ1n) is 8.18. The van der Waals surface area contributed by atoms with Gasteiger partial charge in [0.15, 0.2) is 0 Å². The van der Waals surface area contributed by atoms with Gasteiger partial charge in [0, 0.05) is 0 Å². The number of allylic oxidation sites excluding steroid dienone is 1. The smallest absolute Gasteiger partial charge is 0.00128 e. The van der Waals surface area contributed by atoms with Crippen LogP contribution in [0.3, 0.4) is 0 Å². The molecule has 4 aromatic carbocycles. The predicted octanol–water partition coefficient (Wildman–Crippen LogP) is 4.86. The summed E-state index contributed by atoms with van der Waals surface area (Å²) >= 11 is 0. The van der Waals surface area contributed by atoms with Gasteiger partial charge in [0.05, 0.1) is 0 Å². The summed E-state index contributed by atoms with van der Waals surface area (Å²) in [6.45, 7) is 0. The lowest BCUT2D eigenvalue weighted by molar-refractivity contribution is 1.22. The summed E-state index contributed by atoms with van der Waals surface area (Å²) in [5, 5.41) is 7.00. The highest BCUT2D eigenvalue weighted by Gasteiger charge is 2.24. The van der Waals surface area contributed by atoms with Gasteiger partial charge >= 0.3 is 0 Å². The summed E-state index contributed by atoms with van der Waals surface area (Å²) in [4.78, 5) is 0. The third-order valence-corrected chi connectivity index (χ3v) is 5.39. The highest BCUT2D eigenvalue weighted by molar-refractivity contribution is 6.14. The fraction of sp³-hybridized carbons (Fsp3) is 0.0435. The van der Waals surface area contributed by atoms with E-state index in [-0.39, 0.29) is 0 Å². The molecule has 0 saturated carbocycles. The van der Waals surface area contributed by atoms with Crippen LogP contribution in [-0.2, 0) is 6.42 Å². The summed E-state index contributed by atoms with van der Waals surface area (Å²) in [5.74, 6) is 0. The molecule has 106 valence electrons. The second-order valence-corrected chi connectivity index (χ2v) is 6.60. The molecule has 0 unspecified atom stereocenters. The van der Waals surface area contributed by atoms with E-state index in [1.807, 2.05) is 0 Å². The van der Waals surface area contributed by atoms with E-state index in [9.17, 15) is 0 Å². The van der Waals surface area contributed by atoms with Crippen LogP contribution in [0.5, 0.6) is 0 Å². The normalized spacial score (nSPS) is 15.0. The van der Waals surface area contributed by atoms with E-state index < -0.39 is 0 Å². The molecule has 0 nitrogen and oxygen atoms in total. The van der Waals surface area contributed by atoms with Crippen molar-refractivity contribution in [3.8, 4) is 0 Å². The number of fused-ring (bicyclic) bond motifs is 3. The van der Waals surface area contributed by atoms with Crippen LogP contribution >= 0.6 is 0 Å². The summed E-state index contributed by atoms with van der Waals surface area (Å²) in [5.41, 5.74) is 7.14. The van der Waals surface area contributed by atoms with Crippen molar-refractivity contribution >= 4 is 33.2 Å². The molecule has 23 heavy (non-hydrogen) atoms. The Labute approximate surface area is 134 Å². The molecule has 0 heteroatoms. The van der Waals surface area contributed by atoms with E-state index in [1.165, 1.54) is 54.6 Å². The van der Waals surface area contributed by atoms with Gasteiger partial charge in [-0.1, -0.05) is 72.8 Å². The first-order valence-corrected chi connectivity index (χ1v) is 8.18. The van der Waals surface area contributed by atoms with E-state index in [0.29, 0.717) is 0 Å². The Morgan fingerprint density at radius 3 is 2.39 bits per heavy atom. The molecule has 0 fully saturated rings. The van der Waals surface area contributed by atoms with Gasteiger partial charge in [0.1, 0.15) is 0 Å². The van der Waals surface area contributed by atoms with Crippen LogP contribution in [-0.4, -0.2) is 0 Å². The lowest BCUT2D eigenvalue weighted by atomic mass is 9.84. The van der Waals surface area contributed by atoms with Crippen molar-refractivity contribution in [2.75, 3.05) is 0 Å². The van der Waals surface area contributed by atoms with Gasteiger partial charge in [-0.05, 0) is 61.0 Å². The quantitative estimate of drug-likeness (QED) is 0.433. The zero-order valence-corrected chi connectivity index (χ0v) is 12.6. The van der Waals surface area contributed by atoms with Crippen LogP contribution < -0.4 is 5.22 Å². The Morgan fingerprint density at radius 1 is 0.652 bits per heavy atom. The Bertz CT molecular complexity index is 1210. The SMILES string of the molecule is C1=C2Cc3ccc4cccc5ccc(c3c45)=C2c2ccccc21. The first-order chi connectivity index (χ1) is 11.4. The fourth-order valence-electron chi connectivity index (χ4n) is 4.46. The number of hydrogen-bond acceptors (Lipinski definition) is 0. The number of hydrogen-bond donors (Lipinski definition) is 0. The minimum absolute atomic E-state index is 1.04. The molecule has 0 spiro atoms. The van der Waals surface area contributed by atoms with E-state index >= 15 is 0 Å². The van der Waals surface area contributed by atoms with E-state index in [0.717, 1.165) is 6.42 Å². The second-order valence-electron chi connectivity index (χ2n) is 6.60. The van der Waals surface area contributed by atoms with Crippen molar-refractivity contribution in [3.63, 3.8) is 0 Å². The molecule has 2 aliphatic carbocycles. The standard InChI is InChI=1S/C23H14/c1-2-7-19-16(4-1)12-18-13-17-9-8-14-5-3-6-15-10-11-20(22(18)19)23(17)21(14)15/h1-12H,13H2. The highest BCUT2D eigenvalue weighted by atomic mass is 14.3. The molecule has 2 aliphatic rings. The topological polar surface area (TPSA) is 0 Å². The zero-order chi connectivity index (χ0) is 15.0. The largest absolute Gasteiger partial charge is 0.0616 e. The van der Waals surface area contributed by atoms with Crippen LogP contribution in [0.4, 0.5) is 0 Å². The lowest BCUT2D eigenvalue weighted by Crippen LogP contribution is -2.16. The predicted molar refractivity (Wildman–Crippen MR) is 97.3 cm³/mol. The molecule has 6 rings (SSSR count). The fourth-order valence-corrected chi connectivity index (χ4v) is 4.46. The Hall–Kier alpha value is -2.86. The molecule has 0 amide bonds. The molecule has 0 saturated heterocycles. The molecule has 0 radical (unpaired) electrons. The molecule has 0 bridgehead atoms. The van der Waals surface area contributed by atoms with E-state index in [2.05, 4.69) is 72.8 Å². The van der Waals surface area contributed by atoms with Crippen molar-refractivity contribution in [2.24, 2.45) is 0 Å². The van der Waals surface area contributed by atoms with Crippen molar-refractivity contribution < 1.29 is 0 Å². The third kappa shape index (κ3) is 1.37. The summed E-state index contributed by atoms with van der Waals surface area (Å²) in [6.07, 6.45) is 3.42. The van der Waals surface area contributed by atoms with Gasteiger partial charge < -0.3 is 0 Å². The Morgan fingerprint density at radius 2 is 1.48 bits per heavy atom. The maximum atomic E-state index is 2.37. The minimum Gasteiger partial charge on any atom is -0.0616 e. The summed E-state index contributed by atoms with van der Waals surface area (Å²) < 4.78 is 0. The van der Waals surface area contributed by atoms with Crippen LogP contribution in [0.15, 0.2) is 72.3 Å². The zero-order valence-electron chi connectivity index (χ0n) is 12.6. The summed E-state index contributed by atoms with van der Waals surface area (Å²) in [7, 11) is 0. The average Bonchev–Trinajstić information content (AvgIpc) is 2.97. The van der Waals surface area contributed by atoms with Gasteiger partial charge in [-0.2, -0.15) is 0 Å². The minimum atomic E-state index is 1.04. The van der Waals surface area contributed by atoms with Gasteiger partial charge in [-0.15, -0.1) is 0 Å². The molecule has 0 heterocycles. The molecule has 0 atom stereocenters. The molecule has 4 aromatic rings. The maximum absolute atomic E-state index is 2.37. The Kier molecular flexibility index (Phi) is 1.98. The molecular formula is C23H14.